The Hall–Kier alpha value is -0.820. The molecule has 2 N–H and O–H groups in total. The van der Waals surface area contributed by atoms with Crippen molar-refractivity contribution in [2.45, 2.75) is 12.5 Å². The van der Waals surface area contributed by atoms with E-state index in [1.807, 2.05) is 6.07 Å². The van der Waals surface area contributed by atoms with E-state index in [2.05, 4.69) is 18.2 Å². The molecule has 0 aliphatic heterocycles. The third-order valence-corrected chi connectivity index (χ3v) is 1.89. The van der Waals surface area contributed by atoms with E-state index < -0.39 is 0 Å². The normalized spacial score (nSPS) is 22.6. The molecule has 2 rings (SSSR count). The predicted octanol–water partition coefficient (Wildman–Crippen LogP) is 1.24. The van der Waals surface area contributed by atoms with Crippen LogP contribution in [0.25, 0.3) is 0 Å². The van der Waals surface area contributed by atoms with Crippen LogP contribution in [0.15, 0.2) is 24.3 Å². The highest BCUT2D eigenvalue weighted by Crippen LogP contribution is 2.29. The van der Waals surface area contributed by atoms with E-state index in [1.165, 1.54) is 11.1 Å². The van der Waals surface area contributed by atoms with Crippen LogP contribution in [0.3, 0.4) is 0 Å². The minimum Gasteiger partial charge on any atom is -0.324 e. The van der Waals surface area contributed by atoms with Crippen LogP contribution in [0.1, 0.15) is 17.2 Å². The van der Waals surface area contributed by atoms with Gasteiger partial charge in [-0.15, -0.1) is 0 Å². The lowest BCUT2D eigenvalue weighted by Gasteiger charge is -2.25. The van der Waals surface area contributed by atoms with Gasteiger partial charge in [0.1, 0.15) is 0 Å². The highest BCUT2D eigenvalue weighted by Gasteiger charge is 2.20. The lowest BCUT2D eigenvalue weighted by atomic mass is 9.84. The van der Waals surface area contributed by atoms with Gasteiger partial charge in [-0.25, -0.2) is 0 Å². The van der Waals surface area contributed by atoms with Crippen LogP contribution in [-0.4, -0.2) is 0 Å². The Morgan fingerprint density at radius 3 is 2.67 bits per heavy atom. The monoisotopic (exact) mass is 119 g/mol. The largest absolute Gasteiger partial charge is 0.324 e. The van der Waals surface area contributed by atoms with Crippen LogP contribution in [0.2, 0.25) is 0 Å². The Morgan fingerprint density at radius 2 is 2.11 bits per heavy atom. The van der Waals surface area contributed by atoms with Crippen molar-refractivity contribution in [3.63, 3.8) is 0 Å². The number of hydrogen-bond acceptors (Lipinski definition) is 1. The van der Waals surface area contributed by atoms with Crippen molar-refractivity contribution in [3.8, 4) is 0 Å². The molecule has 1 aliphatic carbocycles. The summed E-state index contributed by atoms with van der Waals surface area (Å²) in [4.78, 5) is 0. The number of fused-ring (bicyclic) bond motifs is 1. The SMILES string of the molecule is N[C@@H]1Cc2ccccc21. The second-order valence-corrected chi connectivity index (χ2v) is 2.51. The quantitative estimate of drug-likeness (QED) is 0.546. The summed E-state index contributed by atoms with van der Waals surface area (Å²) in [6.45, 7) is 0. The average molecular weight is 119 g/mol. The van der Waals surface area contributed by atoms with Crippen molar-refractivity contribution < 1.29 is 0 Å². The topological polar surface area (TPSA) is 26.0 Å². The molecule has 1 aliphatic rings. The van der Waals surface area contributed by atoms with Gasteiger partial charge in [0.25, 0.3) is 0 Å². The molecule has 0 aromatic heterocycles. The standard InChI is InChI=1S/C8H9N/c9-8-5-6-3-1-2-4-7(6)8/h1-4,8H,5,9H2/t8-/m1/s1. The zero-order valence-corrected chi connectivity index (χ0v) is 5.17. The Labute approximate surface area is 54.5 Å². The second kappa shape index (κ2) is 1.58. The summed E-state index contributed by atoms with van der Waals surface area (Å²) in [5.74, 6) is 0. The summed E-state index contributed by atoms with van der Waals surface area (Å²) in [5.41, 5.74) is 8.44. The van der Waals surface area contributed by atoms with Crippen molar-refractivity contribution in [3.05, 3.63) is 35.4 Å². The van der Waals surface area contributed by atoms with Gasteiger partial charge in [-0.1, -0.05) is 24.3 Å². The molecular weight excluding hydrogens is 110 g/mol. The number of benzene rings is 1. The first kappa shape index (κ1) is 5.00. The highest BCUT2D eigenvalue weighted by atomic mass is 14.7. The average Bonchev–Trinajstić information content (AvgIpc) is 1.86. The van der Waals surface area contributed by atoms with Crippen LogP contribution in [-0.2, 0) is 6.42 Å². The smallest absolute Gasteiger partial charge is 0.0338 e. The third-order valence-electron chi connectivity index (χ3n) is 1.89. The van der Waals surface area contributed by atoms with Gasteiger partial charge >= 0.3 is 0 Å². The fraction of sp³-hybridized carbons (Fsp3) is 0.250. The first-order valence-corrected chi connectivity index (χ1v) is 3.21. The van der Waals surface area contributed by atoms with E-state index in [0.29, 0.717) is 6.04 Å². The molecule has 0 heterocycles. The first-order chi connectivity index (χ1) is 4.38. The van der Waals surface area contributed by atoms with Gasteiger partial charge in [-0.05, 0) is 17.5 Å². The molecule has 0 amide bonds. The van der Waals surface area contributed by atoms with Crippen molar-refractivity contribution in [1.29, 1.82) is 0 Å². The molecule has 0 bridgehead atoms. The molecule has 0 spiro atoms. The molecule has 1 heteroatoms. The second-order valence-electron chi connectivity index (χ2n) is 2.51. The minimum absolute atomic E-state index is 0.321. The Morgan fingerprint density at radius 1 is 1.33 bits per heavy atom. The zero-order chi connectivity index (χ0) is 6.27. The molecule has 1 atom stereocenters. The molecule has 1 nitrogen and oxygen atoms in total. The van der Waals surface area contributed by atoms with E-state index in [-0.39, 0.29) is 0 Å². The van der Waals surface area contributed by atoms with Gasteiger partial charge in [0, 0.05) is 6.04 Å². The lowest BCUT2D eigenvalue weighted by Crippen LogP contribution is -2.24. The summed E-state index contributed by atoms with van der Waals surface area (Å²) in [6, 6.07) is 8.66. The molecule has 0 fully saturated rings. The van der Waals surface area contributed by atoms with Crippen LogP contribution in [0, 0.1) is 0 Å². The maximum Gasteiger partial charge on any atom is 0.0338 e. The van der Waals surface area contributed by atoms with E-state index in [9.17, 15) is 0 Å². The first-order valence-electron chi connectivity index (χ1n) is 3.21. The van der Waals surface area contributed by atoms with Crippen molar-refractivity contribution in [2.75, 3.05) is 0 Å². The summed E-state index contributed by atoms with van der Waals surface area (Å²) >= 11 is 0. The van der Waals surface area contributed by atoms with E-state index >= 15 is 0 Å². The van der Waals surface area contributed by atoms with Crippen molar-refractivity contribution >= 4 is 0 Å². The molecule has 0 unspecified atom stereocenters. The summed E-state index contributed by atoms with van der Waals surface area (Å²) in [7, 11) is 0. The summed E-state index contributed by atoms with van der Waals surface area (Å²) in [6.07, 6.45) is 1.07. The van der Waals surface area contributed by atoms with Crippen LogP contribution in [0.4, 0.5) is 0 Å². The van der Waals surface area contributed by atoms with Crippen LogP contribution in [0.5, 0.6) is 0 Å². The Balaban J connectivity index is 2.51. The summed E-state index contributed by atoms with van der Waals surface area (Å²) < 4.78 is 0. The molecule has 1 aromatic carbocycles. The van der Waals surface area contributed by atoms with Gasteiger partial charge in [-0.3, -0.25) is 0 Å². The van der Waals surface area contributed by atoms with Crippen LogP contribution >= 0.6 is 0 Å². The predicted molar refractivity (Wildman–Crippen MR) is 37.1 cm³/mol. The van der Waals surface area contributed by atoms with Gasteiger partial charge in [0.05, 0.1) is 0 Å². The summed E-state index contributed by atoms with van der Waals surface area (Å²) in [5, 5.41) is 0. The van der Waals surface area contributed by atoms with Gasteiger partial charge < -0.3 is 5.73 Å². The minimum atomic E-state index is 0.321. The maximum atomic E-state index is 5.69. The molecule has 0 saturated carbocycles. The Kier molecular flexibility index (Phi) is 0.878. The Bertz CT molecular complexity index is 230. The molecule has 9 heavy (non-hydrogen) atoms. The van der Waals surface area contributed by atoms with E-state index in [1.54, 1.807) is 0 Å². The van der Waals surface area contributed by atoms with E-state index in [4.69, 9.17) is 5.73 Å². The lowest BCUT2D eigenvalue weighted by molar-refractivity contribution is 0.636. The fourth-order valence-corrected chi connectivity index (χ4v) is 1.30. The van der Waals surface area contributed by atoms with Gasteiger partial charge in [-0.2, -0.15) is 0 Å². The zero-order valence-electron chi connectivity index (χ0n) is 5.17. The van der Waals surface area contributed by atoms with Crippen molar-refractivity contribution in [2.24, 2.45) is 5.73 Å². The van der Waals surface area contributed by atoms with Gasteiger partial charge in [0.2, 0.25) is 0 Å². The van der Waals surface area contributed by atoms with Gasteiger partial charge in [0.15, 0.2) is 0 Å². The third kappa shape index (κ3) is 0.583. The molecule has 0 radical (unpaired) electrons. The number of hydrogen-bond donors (Lipinski definition) is 1. The van der Waals surface area contributed by atoms with Crippen molar-refractivity contribution in [1.82, 2.24) is 0 Å². The molecule has 46 valence electrons. The number of rotatable bonds is 0. The molecule has 0 saturated heterocycles. The van der Waals surface area contributed by atoms with Crippen LogP contribution < -0.4 is 5.73 Å². The fourth-order valence-electron chi connectivity index (χ4n) is 1.30. The number of nitrogens with two attached hydrogens (primary N) is 1. The molecular formula is C8H9N. The van der Waals surface area contributed by atoms with E-state index in [0.717, 1.165) is 6.42 Å². The maximum absolute atomic E-state index is 5.69. The highest BCUT2D eigenvalue weighted by molar-refractivity contribution is 5.38. The molecule has 1 aromatic rings.